The lowest BCUT2D eigenvalue weighted by atomic mass is 9.99. The summed E-state index contributed by atoms with van der Waals surface area (Å²) in [5, 5.41) is 2.72. The number of carbonyl (C=O) groups excluding carboxylic acids is 3. The highest BCUT2D eigenvalue weighted by atomic mass is 16.6. The average Bonchev–Trinajstić information content (AvgIpc) is 3.98. The molecule has 0 bridgehead atoms. The molecule has 2 fully saturated rings. The van der Waals surface area contributed by atoms with Crippen LogP contribution in [0.4, 0.5) is 9.59 Å². The molecular formula is C44H53N7O5. The number of aromatic amines is 2. The summed E-state index contributed by atoms with van der Waals surface area (Å²) in [5.41, 5.74) is 7.44. The number of alkyl carbamates (subject to hydrolysis) is 1. The van der Waals surface area contributed by atoms with E-state index in [0.717, 1.165) is 69.0 Å². The van der Waals surface area contributed by atoms with Gasteiger partial charge in [0, 0.05) is 13.1 Å². The van der Waals surface area contributed by atoms with Crippen LogP contribution in [-0.2, 0) is 14.3 Å². The first kappa shape index (κ1) is 38.6. The fourth-order valence-corrected chi connectivity index (χ4v) is 7.97. The van der Waals surface area contributed by atoms with Crippen LogP contribution in [-0.4, -0.2) is 79.7 Å². The highest BCUT2D eigenvalue weighted by Crippen LogP contribution is 2.38. The topological polar surface area (TPSA) is 146 Å². The van der Waals surface area contributed by atoms with Gasteiger partial charge in [-0.15, -0.1) is 0 Å². The number of carbonyl (C=O) groups is 3. The first-order chi connectivity index (χ1) is 26.7. The quantitative estimate of drug-likeness (QED) is 0.143. The van der Waals surface area contributed by atoms with E-state index < -0.39 is 17.7 Å². The SMILES string of the molecule is COC(=O)N[C@H](C(=O)N1C[C@@H](C)C[C@H]1c1nc2ccc(-c3ccc(-c4ccc(-c5cnc([C@@H]6C[C@H](C)CN6C(=O)OC(C)(C)C)[nH]5)cc4)cc3)cc2[nH]1)C(C)C. The number of amides is 3. The number of rotatable bonds is 8. The predicted octanol–water partition coefficient (Wildman–Crippen LogP) is 8.90. The van der Waals surface area contributed by atoms with E-state index >= 15 is 0 Å². The minimum absolute atomic E-state index is 0.107. The molecule has 0 radical (unpaired) electrons. The first-order valence-electron chi connectivity index (χ1n) is 19.6. The third-order valence-electron chi connectivity index (χ3n) is 10.8. The highest BCUT2D eigenvalue weighted by molar-refractivity contribution is 5.87. The molecule has 3 amide bonds. The largest absolute Gasteiger partial charge is 0.453 e. The highest BCUT2D eigenvalue weighted by Gasteiger charge is 2.41. The van der Waals surface area contributed by atoms with Crippen molar-refractivity contribution in [1.29, 1.82) is 0 Å². The molecule has 0 spiro atoms. The van der Waals surface area contributed by atoms with Crippen LogP contribution in [0.1, 0.15) is 85.0 Å². The Morgan fingerprint density at radius 3 is 1.93 bits per heavy atom. The monoisotopic (exact) mass is 759 g/mol. The maximum absolute atomic E-state index is 13.7. The van der Waals surface area contributed by atoms with Crippen LogP contribution in [0.3, 0.4) is 0 Å². The van der Waals surface area contributed by atoms with Crippen molar-refractivity contribution in [3.05, 3.63) is 84.6 Å². The molecule has 3 N–H and O–H groups in total. The molecule has 12 nitrogen and oxygen atoms in total. The smallest absolute Gasteiger partial charge is 0.410 e. The number of imidazole rings is 2. The number of hydrogen-bond donors (Lipinski definition) is 3. The van der Waals surface area contributed by atoms with E-state index in [9.17, 15) is 14.4 Å². The summed E-state index contributed by atoms with van der Waals surface area (Å²) in [6.07, 6.45) is 2.52. The molecule has 4 heterocycles. The molecular weight excluding hydrogens is 707 g/mol. The summed E-state index contributed by atoms with van der Waals surface area (Å²) in [7, 11) is 1.30. The van der Waals surface area contributed by atoms with Crippen LogP contribution in [0.2, 0.25) is 0 Å². The number of H-pyrrole nitrogens is 2. The van der Waals surface area contributed by atoms with Gasteiger partial charge < -0.3 is 29.7 Å². The molecule has 2 aliphatic rings. The van der Waals surface area contributed by atoms with E-state index in [0.29, 0.717) is 19.0 Å². The van der Waals surface area contributed by atoms with Crippen molar-refractivity contribution >= 4 is 29.1 Å². The van der Waals surface area contributed by atoms with E-state index in [1.807, 2.05) is 51.8 Å². The number of nitrogens with zero attached hydrogens (tertiary/aromatic N) is 4. The van der Waals surface area contributed by atoms with Crippen molar-refractivity contribution in [3.63, 3.8) is 0 Å². The molecule has 5 aromatic rings. The number of hydrogen-bond acceptors (Lipinski definition) is 7. The fraction of sp³-hybridized carbons (Fsp3) is 0.432. The Bertz CT molecular complexity index is 2200. The zero-order chi connectivity index (χ0) is 39.9. The lowest BCUT2D eigenvalue weighted by Gasteiger charge is -2.30. The molecule has 0 aliphatic carbocycles. The second-order valence-electron chi connectivity index (χ2n) is 16.9. The van der Waals surface area contributed by atoms with Crippen molar-refractivity contribution in [1.82, 2.24) is 35.1 Å². The van der Waals surface area contributed by atoms with Gasteiger partial charge in [0.05, 0.1) is 42.1 Å². The van der Waals surface area contributed by atoms with E-state index in [4.69, 9.17) is 19.4 Å². The van der Waals surface area contributed by atoms with Gasteiger partial charge in [-0.3, -0.25) is 9.69 Å². The van der Waals surface area contributed by atoms with E-state index in [1.54, 1.807) is 4.90 Å². The maximum atomic E-state index is 13.7. The van der Waals surface area contributed by atoms with Gasteiger partial charge in [-0.05, 0) is 91.3 Å². The van der Waals surface area contributed by atoms with Gasteiger partial charge in [-0.25, -0.2) is 19.6 Å². The summed E-state index contributed by atoms with van der Waals surface area (Å²) in [6.45, 7) is 15.0. The molecule has 2 aliphatic heterocycles. The number of likely N-dealkylation sites (tertiary alicyclic amines) is 2. The average molecular weight is 760 g/mol. The van der Waals surface area contributed by atoms with Gasteiger partial charge in [0.2, 0.25) is 5.91 Å². The second-order valence-corrected chi connectivity index (χ2v) is 16.9. The zero-order valence-electron chi connectivity index (χ0n) is 33.6. The van der Waals surface area contributed by atoms with Crippen LogP contribution in [0.15, 0.2) is 72.9 Å². The molecule has 5 atom stereocenters. The third-order valence-corrected chi connectivity index (χ3v) is 10.8. The van der Waals surface area contributed by atoms with E-state index in [1.165, 1.54) is 7.11 Å². The Balaban J connectivity index is 1.04. The van der Waals surface area contributed by atoms with Crippen molar-refractivity contribution in [2.45, 2.75) is 85.0 Å². The second kappa shape index (κ2) is 15.5. The number of ether oxygens (including phenoxy) is 2. The molecule has 56 heavy (non-hydrogen) atoms. The lowest BCUT2D eigenvalue weighted by Crippen LogP contribution is -2.51. The molecule has 0 saturated carbocycles. The Labute approximate surface area is 328 Å². The van der Waals surface area contributed by atoms with Crippen LogP contribution in [0.25, 0.3) is 44.5 Å². The molecule has 7 rings (SSSR count). The van der Waals surface area contributed by atoms with Crippen LogP contribution in [0.5, 0.6) is 0 Å². The number of fused-ring (bicyclic) bond motifs is 1. The van der Waals surface area contributed by atoms with Gasteiger partial charge in [0.1, 0.15) is 23.3 Å². The number of aromatic nitrogens is 4. The molecule has 0 unspecified atom stereocenters. The Morgan fingerprint density at radius 2 is 1.34 bits per heavy atom. The van der Waals surface area contributed by atoms with Gasteiger partial charge in [0.15, 0.2) is 0 Å². The predicted molar refractivity (Wildman–Crippen MR) is 216 cm³/mol. The van der Waals surface area contributed by atoms with Crippen LogP contribution >= 0.6 is 0 Å². The third kappa shape index (κ3) is 8.15. The number of nitrogens with one attached hydrogen (secondary N) is 3. The molecule has 3 aromatic carbocycles. The summed E-state index contributed by atoms with van der Waals surface area (Å²) in [6, 6.07) is 22.0. The summed E-state index contributed by atoms with van der Waals surface area (Å²) >= 11 is 0. The number of benzene rings is 3. The van der Waals surface area contributed by atoms with Gasteiger partial charge >= 0.3 is 12.2 Å². The standard InChI is InChI=1S/C44H53N7O5/c1-25(2)38(49-42(53)55-8)41(52)50-23-26(3)20-37(50)40-46-33-18-17-32(21-34(33)47-40)30-11-9-28(10-12-30)29-13-15-31(16-14-29)35-22-45-39(48-35)36-19-27(4)24-51(36)43(54)56-44(5,6)7/h9-18,21-22,25-27,36-38H,19-20,23-24H2,1-8H3,(H,45,48)(H,46,47)(H,49,53)/t26-,27-,36-,37-,38-/m0/s1. The minimum Gasteiger partial charge on any atom is -0.453 e. The van der Waals surface area contributed by atoms with Crippen LogP contribution in [0, 0.1) is 17.8 Å². The van der Waals surface area contributed by atoms with Gasteiger partial charge in [-0.2, -0.15) is 0 Å². The minimum atomic E-state index is -0.692. The summed E-state index contributed by atoms with van der Waals surface area (Å²) < 4.78 is 10.5. The van der Waals surface area contributed by atoms with Gasteiger partial charge in [0.25, 0.3) is 0 Å². The van der Waals surface area contributed by atoms with E-state index in [-0.39, 0.29) is 35.9 Å². The van der Waals surface area contributed by atoms with Crippen molar-refractivity contribution in [3.8, 4) is 33.5 Å². The van der Waals surface area contributed by atoms with Crippen molar-refractivity contribution < 1.29 is 23.9 Å². The molecule has 2 aromatic heterocycles. The van der Waals surface area contributed by atoms with Crippen LogP contribution < -0.4 is 5.32 Å². The Hall–Kier alpha value is -5.65. The van der Waals surface area contributed by atoms with E-state index in [2.05, 4.69) is 89.8 Å². The fourth-order valence-electron chi connectivity index (χ4n) is 7.97. The maximum Gasteiger partial charge on any atom is 0.410 e. The first-order valence-corrected chi connectivity index (χ1v) is 19.6. The zero-order valence-corrected chi connectivity index (χ0v) is 33.6. The normalized spacial score (nSPS) is 20.4. The molecule has 12 heteroatoms. The lowest BCUT2D eigenvalue weighted by molar-refractivity contribution is -0.135. The summed E-state index contributed by atoms with van der Waals surface area (Å²) in [4.78, 5) is 59.0. The number of methoxy groups -OCH3 is 1. The van der Waals surface area contributed by atoms with Gasteiger partial charge in [-0.1, -0.05) is 82.3 Å². The molecule has 294 valence electrons. The van der Waals surface area contributed by atoms with Crippen molar-refractivity contribution in [2.75, 3.05) is 20.2 Å². The summed E-state index contributed by atoms with van der Waals surface area (Å²) in [5.74, 6) is 1.92. The molecule has 2 saturated heterocycles. The Morgan fingerprint density at radius 1 is 0.786 bits per heavy atom. The Kier molecular flexibility index (Phi) is 10.7. The van der Waals surface area contributed by atoms with Crippen molar-refractivity contribution in [2.24, 2.45) is 17.8 Å².